The molecule has 0 fully saturated rings. The molecule has 2 aliphatic rings. The molecule has 9 aromatic rings. The topological polar surface area (TPSA) is 22.1 Å². The molecule has 3 heterocycles. The normalized spacial score (nSPS) is 13.4. The van der Waals surface area contributed by atoms with Crippen molar-refractivity contribution in [3.05, 3.63) is 198 Å². The van der Waals surface area contributed by atoms with Crippen molar-refractivity contribution < 1.29 is 4.74 Å². The smallest absolute Gasteiger partial charge is 0.150 e. The quantitative estimate of drug-likeness (QED) is 0.187. The number of hydrogen-bond donors (Lipinski definition) is 0. The summed E-state index contributed by atoms with van der Waals surface area (Å²) in [6.45, 7) is 0. The molecule has 2 aromatic heterocycles. The standard InChI is InChI=1S/C48H29NOS/c1-3-14-30(15-4-1)32-28-42(31-16-5-2-6-17-31)49-43(29-32)37-21-13-20-35-36-26-27-41-45(47(36)51-46(35)37)50-44-25-12-11-24-40(44)48(41)38-22-9-7-18-33(38)34-19-8-10-23-39(34)48/h1-29H. The number of rotatable bonds is 3. The molecule has 0 atom stereocenters. The highest BCUT2D eigenvalue weighted by Gasteiger charge is 2.51. The lowest BCUT2D eigenvalue weighted by molar-refractivity contribution is 0.442. The molecule has 0 N–H and O–H groups in total. The molecule has 0 bridgehead atoms. The minimum Gasteiger partial charge on any atom is -0.455 e. The number of hydrogen-bond acceptors (Lipinski definition) is 3. The van der Waals surface area contributed by atoms with Gasteiger partial charge in [0, 0.05) is 37.7 Å². The minimum absolute atomic E-state index is 0.485. The van der Waals surface area contributed by atoms with Crippen LogP contribution in [0.1, 0.15) is 22.3 Å². The lowest BCUT2D eigenvalue weighted by Gasteiger charge is -2.39. The minimum atomic E-state index is -0.485. The molecule has 1 aliphatic carbocycles. The van der Waals surface area contributed by atoms with E-state index >= 15 is 0 Å². The summed E-state index contributed by atoms with van der Waals surface area (Å²) < 4.78 is 9.40. The van der Waals surface area contributed by atoms with Crippen LogP contribution < -0.4 is 4.74 Å². The van der Waals surface area contributed by atoms with Gasteiger partial charge in [-0.3, -0.25) is 0 Å². The van der Waals surface area contributed by atoms with Crippen LogP contribution in [0.4, 0.5) is 0 Å². The highest BCUT2D eigenvalue weighted by atomic mass is 32.1. The van der Waals surface area contributed by atoms with Gasteiger partial charge in [-0.15, -0.1) is 11.3 Å². The summed E-state index contributed by atoms with van der Waals surface area (Å²) in [6.07, 6.45) is 0. The molecule has 0 amide bonds. The molecule has 1 spiro atoms. The lowest BCUT2D eigenvalue weighted by Crippen LogP contribution is -2.32. The van der Waals surface area contributed by atoms with Gasteiger partial charge in [0.15, 0.2) is 0 Å². The number of para-hydroxylation sites is 1. The molecule has 0 saturated carbocycles. The zero-order valence-electron chi connectivity index (χ0n) is 27.5. The van der Waals surface area contributed by atoms with Gasteiger partial charge in [0.05, 0.1) is 21.5 Å². The summed E-state index contributed by atoms with van der Waals surface area (Å²) in [4.78, 5) is 5.32. The van der Waals surface area contributed by atoms with Crippen LogP contribution >= 0.6 is 11.3 Å². The molecule has 7 aromatic carbocycles. The molecule has 2 nitrogen and oxygen atoms in total. The average molecular weight is 668 g/mol. The Morgan fingerprint density at radius 2 is 1.00 bits per heavy atom. The first kappa shape index (κ1) is 28.5. The first-order valence-electron chi connectivity index (χ1n) is 17.4. The van der Waals surface area contributed by atoms with E-state index < -0.39 is 5.41 Å². The van der Waals surface area contributed by atoms with Crippen LogP contribution in [0.2, 0.25) is 0 Å². The van der Waals surface area contributed by atoms with Crippen molar-refractivity contribution >= 4 is 31.5 Å². The fourth-order valence-electron chi connectivity index (χ4n) is 8.59. The largest absolute Gasteiger partial charge is 0.455 e. The second kappa shape index (κ2) is 10.9. The number of thiophene rings is 1. The van der Waals surface area contributed by atoms with Crippen LogP contribution in [0.3, 0.4) is 0 Å². The number of fused-ring (bicyclic) bond motifs is 13. The van der Waals surface area contributed by atoms with Crippen LogP contribution in [0.25, 0.3) is 64.9 Å². The Hall–Kier alpha value is -6.29. The van der Waals surface area contributed by atoms with E-state index in [-0.39, 0.29) is 0 Å². The van der Waals surface area contributed by atoms with E-state index in [2.05, 4.69) is 176 Å². The summed E-state index contributed by atoms with van der Waals surface area (Å²) in [5, 5.41) is 2.42. The Balaban J connectivity index is 1.19. The highest BCUT2D eigenvalue weighted by molar-refractivity contribution is 7.26. The van der Waals surface area contributed by atoms with Gasteiger partial charge >= 0.3 is 0 Å². The van der Waals surface area contributed by atoms with Gasteiger partial charge in [0.2, 0.25) is 0 Å². The van der Waals surface area contributed by atoms with E-state index in [1.165, 1.54) is 54.4 Å². The first-order valence-corrected chi connectivity index (χ1v) is 18.2. The summed E-state index contributed by atoms with van der Waals surface area (Å²) in [7, 11) is 0. The van der Waals surface area contributed by atoms with Gasteiger partial charge in [-0.05, 0) is 51.6 Å². The van der Waals surface area contributed by atoms with Crippen LogP contribution in [-0.4, -0.2) is 4.98 Å². The summed E-state index contributed by atoms with van der Waals surface area (Å²) in [5.74, 6) is 1.85. The predicted molar refractivity (Wildman–Crippen MR) is 211 cm³/mol. The SMILES string of the molecule is c1ccc(-c2cc(-c3ccccc3)nc(-c3cccc4c3sc3c5c(ccc34)C3(c4ccccc4O5)c4ccccc4-c4ccccc43)c2)cc1. The molecule has 0 radical (unpaired) electrons. The third kappa shape index (κ3) is 4.01. The molecule has 0 unspecified atom stereocenters. The van der Waals surface area contributed by atoms with Crippen molar-refractivity contribution in [3.8, 4) is 56.3 Å². The maximum atomic E-state index is 7.03. The number of benzene rings is 7. The monoisotopic (exact) mass is 667 g/mol. The van der Waals surface area contributed by atoms with E-state index in [9.17, 15) is 0 Å². The maximum absolute atomic E-state index is 7.03. The fraction of sp³-hybridized carbons (Fsp3) is 0.0208. The Morgan fingerprint density at radius 3 is 1.75 bits per heavy atom. The van der Waals surface area contributed by atoms with Crippen molar-refractivity contribution in [1.82, 2.24) is 4.98 Å². The van der Waals surface area contributed by atoms with Gasteiger partial charge < -0.3 is 4.74 Å². The van der Waals surface area contributed by atoms with Gasteiger partial charge in [-0.25, -0.2) is 4.98 Å². The van der Waals surface area contributed by atoms with Crippen molar-refractivity contribution in [2.75, 3.05) is 0 Å². The Kier molecular flexibility index (Phi) is 6.07. The van der Waals surface area contributed by atoms with Crippen molar-refractivity contribution in [3.63, 3.8) is 0 Å². The summed E-state index contributed by atoms with van der Waals surface area (Å²) in [5.41, 5.74) is 13.5. The Labute approximate surface area is 299 Å². The highest BCUT2D eigenvalue weighted by Crippen LogP contribution is 2.63. The van der Waals surface area contributed by atoms with E-state index in [1.807, 2.05) is 11.3 Å². The number of aromatic nitrogens is 1. The van der Waals surface area contributed by atoms with Crippen LogP contribution in [0, 0.1) is 0 Å². The van der Waals surface area contributed by atoms with Crippen molar-refractivity contribution in [1.29, 1.82) is 0 Å². The number of ether oxygens (including phenoxy) is 1. The summed E-state index contributed by atoms with van der Waals surface area (Å²) >= 11 is 1.82. The molecule has 3 heteroatoms. The Bertz CT molecular complexity index is 2730. The molecule has 238 valence electrons. The zero-order valence-corrected chi connectivity index (χ0v) is 28.3. The molecule has 51 heavy (non-hydrogen) atoms. The van der Waals surface area contributed by atoms with E-state index in [0.717, 1.165) is 44.3 Å². The van der Waals surface area contributed by atoms with Crippen LogP contribution in [0.15, 0.2) is 176 Å². The fourth-order valence-corrected chi connectivity index (χ4v) is 9.90. The third-order valence-corrected chi connectivity index (χ3v) is 12.0. The second-order valence-corrected chi connectivity index (χ2v) is 14.4. The zero-order chi connectivity index (χ0) is 33.5. The van der Waals surface area contributed by atoms with E-state index in [0.29, 0.717) is 0 Å². The molecular formula is C48H29NOS. The number of nitrogens with zero attached hydrogens (tertiary/aromatic N) is 1. The predicted octanol–water partition coefficient (Wildman–Crippen LogP) is 12.9. The van der Waals surface area contributed by atoms with Gasteiger partial charge in [0.25, 0.3) is 0 Å². The maximum Gasteiger partial charge on any atom is 0.150 e. The average Bonchev–Trinajstić information content (AvgIpc) is 3.73. The van der Waals surface area contributed by atoms with Gasteiger partial charge in [-0.1, -0.05) is 158 Å². The molecule has 1 aliphatic heterocycles. The first-order chi connectivity index (χ1) is 25.3. The Morgan fingerprint density at radius 1 is 0.412 bits per heavy atom. The van der Waals surface area contributed by atoms with Crippen LogP contribution in [0.5, 0.6) is 11.5 Å². The molecular weight excluding hydrogens is 639 g/mol. The van der Waals surface area contributed by atoms with Crippen molar-refractivity contribution in [2.24, 2.45) is 0 Å². The lowest BCUT2D eigenvalue weighted by atomic mass is 9.66. The summed E-state index contributed by atoms with van der Waals surface area (Å²) in [6, 6.07) is 63.2. The van der Waals surface area contributed by atoms with Gasteiger partial charge in [0.1, 0.15) is 11.5 Å². The second-order valence-electron chi connectivity index (χ2n) is 13.4. The number of pyridine rings is 1. The van der Waals surface area contributed by atoms with E-state index in [4.69, 9.17) is 9.72 Å². The third-order valence-electron chi connectivity index (χ3n) is 10.8. The van der Waals surface area contributed by atoms with E-state index in [1.54, 1.807) is 0 Å². The van der Waals surface area contributed by atoms with Crippen LogP contribution in [-0.2, 0) is 5.41 Å². The van der Waals surface area contributed by atoms with Crippen molar-refractivity contribution in [2.45, 2.75) is 5.41 Å². The molecule has 0 saturated heterocycles. The van der Waals surface area contributed by atoms with Gasteiger partial charge in [-0.2, -0.15) is 0 Å². The molecule has 11 rings (SSSR count).